The molecule has 0 aromatic rings. The minimum absolute atomic E-state index is 0.0948. The highest BCUT2D eigenvalue weighted by Crippen LogP contribution is 2.39. The smallest absolute Gasteiger partial charge is 0.306 e. The molecule has 3 atom stereocenters. The van der Waals surface area contributed by atoms with Crippen molar-refractivity contribution in [1.82, 2.24) is 0 Å². The van der Waals surface area contributed by atoms with Crippen molar-refractivity contribution in [2.45, 2.75) is 45.1 Å². The van der Waals surface area contributed by atoms with E-state index in [4.69, 9.17) is 5.11 Å². The lowest BCUT2D eigenvalue weighted by atomic mass is 9.69. The average molecular weight is 186 g/mol. The number of aliphatic carboxylic acids is 1. The standard InChI is InChI=1S/C10H18O3/c1-7-4-3-5-10(13,8(7)2)6-9(11)12/h7-8,13H,3-6H2,1-2H3,(H,11,12). The maximum absolute atomic E-state index is 10.6. The molecule has 0 aromatic heterocycles. The molecule has 0 heterocycles. The Labute approximate surface area is 78.8 Å². The second-order valence-electron chi connectivity index (χ2n) is 4.33. The van der Waals surface area contributed by atoms with Crippen LogP contribution in [-0.2, 0) is 4.79 Å². The van der Waals surface area contributed by atoms with Gasteiger partial charge in [-0.05, 0) is 18.3 Å². The summed E-state index contributed by atoms with van der Waals surface area (Å²) in [4.78, 5) is 10.6. The Kier molecular flexibility index (Phi) is 2.96. The first-order chi connectivity index (χ1) is 5.96. The van der Waals surface area contributed by atoms with Crippen molar-refractivity contribution in [1.29, 1.82) is 0 Å². The zero-order valence-corrected chi connectivity index (χ0v) is 8.29. The quantitative estimate of drug-likeness (QED) is 0.689. The third-order valence-corrected chi connectivity index (χ3v) is 3.43. The van der Waals surface area contributed by atoms with Gasteiger partial charge in [0.2, 0.25) is 0 Å². The fourth-order valence-electron chi connectivity index (χ4n) is 2.25. The van der Waals surface area contributed by atoms with Gasteiger partial charge in [-0.2, -0.15) is 0 Å². The third kappa shape index (κ3) is 2.21. The van der Waals surface area contributed by atoms with E-state index in [1.54, 1.807) is 0 Å². The number of carboxylic acid groups (broad SMARTS) is 1. The first kappa shape index (κ1) is 10.5. The van der Waals surface area contributed by atoms with Crippen LogP contribution in [0, 0.1) is 11.8 Å². The van der Waals surface area contributed by atoms with Crippen LogP contribution < -0.4 is 0 Å². The summed E-state index contributed by atoms with van der Waals surface area (Å²) in [6, 6.07) is 0. The largest absolute Gasteiger partial charge is 0.481 e. The van der Waals surface area contributed by atoms with Crippen LogP contribution in [0.2, 0.25) is 0 Å². The van der Waals surface area contributed by atoms with Crippen LogP contribution in [0.25, 0.3) is 0 Å². The molecular weight excluding hydrogens is 168 g/mol. The summed E-state index contributed by atoms with van der Waals surface area (Å²) in [5, 5.41) is 18.8. The van der Waals surface area contributed by atoms with Gasteiger partial charge >= 0.3 is 5.97 Å². The molecule has 3 unspecified atom stereocenters. The molecule has 76 valence electrons. The fraction of sp³-hybridized carbons (Fsp3) is 0.900. The molecule has 0 spiro atoms. The number of hydrogen-bond acceptors (Lipinski definition) is 2. The Bertz CT molecular complexity index is 202. The molecule has 13 heavy (non-hydrogen) atoms. The zero-order valence-electron chi connectivity index (χ0n) is 8.29. The van der Waals surface area contributed by atoms with Gasteiger partial charge in [-0.15, -0.1) is 0 Å². The maximum Gasteiger partial charge on any atom is 0.306 e. The van der Waals surface area contributed by atoms with Crippen molar-refractivity contribution in [2.24, 2.45) is 11.8 Å². The fourth-order valence-corrected chi connectivity index (χ4v) is 2.25. The molecule has 3 heteroatoms. The Balaban J connectivity index is 2.69. The van der Waals surface area contributed by atoms with Crippen molar-refractivity contribution in [2.75, 3.05) is 0 Å². The molecule has 1 saturated carbocycles. The molecule has 0 radical (unpaired) electrons. The lowest BCUT2D eigenvalue weighted by Crippen LogP contribution is -2.44. The second-order valence-corrected chi connectivity index (χ2v) is 4.33. The lowest BCUT2D eigenvalue weighted by molar-refractivity contribution is -0.148. The topological polar surface area (TPSA) is 57.5 Å². The summed E-state index contributed by atoms with van der Waals surface area (Å²) in [5.74, 6) is -0.376. The Morgan fingerprint density at radius 1 is 1.54 bits per heavy atom. The normalized spacial score (nSPS) is 40.2. The minimum atomic E-state index is -0.969. The van der Waals surface area contributed by atoms with Gasteiger partial charge in [-0.3, -0.25) is 4.79 Å². The first-order valence-electron chi connectivity index (χ1n) is 4.90. The zero-order chi connectivity index (χ0) is 10.1. The van der Waals surface area contributed by atoms with Gasteiger partial charge in [0.15, 0.2) is 0 Å². The first-order valence-corrected chi connectivity index (χ1v) is 4.90. The molecule has 0 aliphatic heterocycles. The van der Waals surface area contributed by atoms with Crippen LogP contribution in [-0.4, -0.2) is 21.8 Å². The minimum Gasteiger partial charge on any atom is -0.481 e. The number of carboxylic acids is 1. The van der Waals surface area contributed by atoms with Crippen LogP contribution in [0.3, 0.4) is 0 Å². The predicted molar refractivity (Wildman–Crippen MR) is 49.4 cm³/mol. The van der Waals surface area contributed by atoms with Crippen LogP contribution in [0.4, 0.5) is 0 Å². The van der Waals surface area contributed by atoms with E-state index < -0.39 is 11.6 Å². The molecule has 0 aromatic carbocycles. The van der Waals surface area contributed by atoms with Crippen LogP contribution >= 0.6 is 0 Å². The van der Waals surface area contributed by atoms with Crippen LogP contribution in [0.1, 0.15) is 39.5 Å². The van der Waals surface area contributed by atoms with E-state index in [1.165, 1.54) is 0 Å². The number of rotatable bonds is 2. The lowest BCUT2D eigenvalue weighted by Gasteiger charge is -2.41. The molecule has 3 nitrogen and oxygen atoms in total. The average Bonchev–Trinajstić information content (AvgIpc) is 1.99. The van der Waals surface area contributed by atoms with Crippen molar-refractivity contribution in [3.05, 3.63) is 0 Å². The molecule has 2 N–H and O–H groups in total. The van der Waals surface area contributed by atoms with Gasteiger partial charge in [-0.1, -0.05) is 26.7 Å². The summed E-state index contributed by atoms with van der Waals surface area (Å²) >= 11 is 0. The molecule has 0 saturated heterocycles. The van der Waals surface area contributed by atoms with E-state index in [-0.39, 0.29) is 12.3 Å². The van der Waals surface area contributed by atoms with E-state index in [1.807, 2.05) is 6.92 Å². The highest BCUT2D eigenvalue weighted by molar-refractivity contribution is 5.68. The summed E-state index contributed by atoms with van der Waals surface area (Å²) in [5.41, 5.74) is -0.969. The van der Waals surface area contributed by atoms with Crippen molar-refractivity contribution in [3.8, 4) is 0 Å². The predicted octanol–water partition coefficient (Wildman–Crippen LogP) is 1.65. The summed E-state index contributed by atoms with van der Waals surface area (Å²) in [6.07, 6.45) is 2.56. The van der Waals surface area contributed by atoms with E-state index in [0.29, 0.717) is 12.3 Å². The molecule has 0 bridgehead atoms. The molecule has 0 amide bonds. The van der Waals surface area contributed by atoms with Gasteiger partial charge in [-0.25, -0.2) is 0 Å². The highest BCUT2D eigenvalue weighted by atomic mass is 16.4. The highest BCUT2D eigenvalue weighted by Gasteiger charge is 2.41. The molecular formula is C10H18O3. The second kappa shape index (κ2) is 3.66. The monoisotopic (exact) mass is 186 g/mol. The van der Waals surface area contributed by atoms with Crippen LogP contribution in [0.5, 0.6) is 0 Å². The Morgan fingerprint density at radius 2 is 2.15 bits per heavy atom. The van der Waals surface area contributed by atoms with Gasteiger partial charge in [0.1, 0.15) is 0 Å². The SMILES string of the molecule is CC1CCCC(O)(CC(=O)O)C1C. The summed E-state index contributed by atoms with van der Waals surface area (Å²) in [7, 11) is 0. The van der Waals surface area contributed by atoms with Crippen LogP contribution in [0.15, 0.2) is 0 Å². The molecule has 1 fully saturated rings. The third-order valence-electron chi connectivity index (χ3n) is 3.43. The maximum atomic E-state index is 10.6. The Hall–Kier alpha value is -0.570. The summed E-state index contributed by atoms with van der Waals surface area (Å²) < 4.78 is 0. The van der Waals surface area contributed by atoms with Crippen molar-refractivity contribution < 1.29 is 15.0 Å². The van der Waals surface area contributed by atoms with Gasteiger partial charge < -0.3 is 10.2 Å². The van der Waals surface area contributed by atoms with Gasteiger partial charge in [0.25, 0.3) is 0 Å². The van der Waals surface area contributed by atoms with Crippen molar-refractivity contribution >= 4 is 5.97 Å². The molecule has 1 rings (SSSR count). The Morgan fingerprint density at radius 3 is 2.69 bits per heavy atom. The van der Waals surface area contributed by atoms with E-state index >= 15 is 0 Å². The van der Waals surface area contributed by atoms with E-state index in [9.17, 15) is 9.90 Å². The van der Waals surface area contributed by atoms with Gasteiger partial charge in [0.05, 0.1) is 12.0 Å². The van der Waals surface area contributed by atoms with Crippen molar-refractivity contribution in [3.63, 3.8) is 0 Å². The molecule has 1 aliphatic carbocycles. The number of hydrogen-bond donors (Lipinski definition) is 2. The van der Waals surface area contributed by atoms with E-state index in [0.717, 1.165) is 12.8 Å². The van der Waals surface area contributed by atoms with Gasteiger partial charge in [0, 0.05) is 0 Å². The number of carbonyl (C=O) groups is 1. The summed E-state index contributed by atoms with van der Waals surface area (Å²) in [6.45, 7) is 4.03. The van der Waals surface area contributed by atoms with E-state index in [2.05, 4.69) is 6.92 Å². The molecule has 1 aliphatic rings. The number of aliphatic hydroxyl groups is 1.